The minimum atomic E-state index is 0.842. The van der Waals surface area contributed by atoms with Gasteiger partial charge in [-0.1, -0.05) is 6.92 Å². The highest BCUT2D eigenvalue weighted by molar-refractivity contribution is 5.24. The molecule has 0 spiro atoms. The highest BCUT2D eigenvalue weighted by Crippen LogP contribution is 2.12. The first-order valence-corrected chi connectivity index (χ1v) is 7.32. The van der Waals surface area contributed by atoms with Crippen LogP contribution in [0, 0.1) is 13.8 Å². The van der Waals surface area contributed by atoms with Gasteiger partial charge in [-0.15, -0.1) is 0 Å². The first kappa shape index (κ1) is 14.8. The number of aromatic nitrogens is 4. The van der Waals surface area contributed by atoms with Gasteiger partial charge in [-0.25, -0.2) is 0 Å². The number of rotatable bonds is 6. The minimum absolute atomic E-state index is 0.842. The van der Waals surface area contributed by atoms with Gasteiger partial charge >= 0.3 is 0 Å². The molecule has 0 aromatic carbocycles. The van der Waals surface area contributed by atoms with Crippen molar-refractivity contribution in [3.05, 3.63) is 34.4 Å². The van der Waals surface area contributed by atoms with Crippen LogP contribution in [0.2, 0.25) is 0 Å². The van der Waals surface area contributed by atoms with E-state index in [1.807, 2.05) is 11.7 Å². The Morgan fingerprint density at radius 2 is 1.90 bits per heavy atom. The van der Waals surface area contributed by atoms with Gasteiger partial charge in [0, 0.05) is 37.9 Å². The summed E-state index contributed by atoms with van der Waals surface area (Å²) in [5.41, 5.74) is 6.05. The highest BCUT2D eigenvalue weighted by atomic mass is 15.3. The Hall–Kier alpha value is -1.62. The van der Waals surface area contributed by atoms with Gasteiger partial charge in [0.1, 0.15) is 0 Å². The molecule has 0 saturated heterocycles. The molecule has 5 heteroatoms. The van der Waals surface area contributed by atoms with E-state index in [0.29, 0.717) is 0 Å². The predicted molar refractivity (Wildman–Crippen MR) is 80.5 cm³/mol. The minimum Gasteiger partial charge on any atom is -0.307 e. The first-order valence-electron chi connectivity index (χ1n) is 7.32. The Morgan fingerprint density at radius 3 is 2.45 bits per heavy atom. The maximum atomic E-state index is 4.57. The summed E-state index contributed by atoms with van der Waals surface area (Å²) in [4.78, 5) is 0. The normalized spacial score (nSPS) is 11.2. The van der Waals surface area contributed by atoms with E-state index in [-0.39, 0.29) is 0 Å². The van der Waals surface area contributed by atoms with Crippen LogP contribution in [0.1, 0.15) is 42.2 Å². The van der Waals surface area contributed by atoms with Gasteiger partial charge in [0.05, 0.1) is 17.1 Å². The van der Waals surface area contributed by atoms with Gasteiger partial charge in [-0.05, 0) is 33.3 Å². The van der Waals surface area contributed by atoms with Crippen molar-refractivity contribution < 1.29 is 0 Å². The topological polar surface area (TPSA) is 47.7 Å². The van der Waals surface area contributed by atoms with Crippen LogP contribution in [-0.4, -0.2) is 19.6 Å². The SMILES string of the molecule is CCc1cc(CNCc2c(C)nn(C)c2C)n(CC)n1. The van der Waals surface area contributed by atoms with Crippen LogP contribution in [0.5, 0.6) is 0 Å². The monoisotopic (exact) mass is 275 g/mol. The zero-order valence-corrected chi connectivity index (χ0v) is 13.2. The van der Waals surface area contributed by atoms with E-state index in [1.54, 1.807) is 0 Å². The summed E-state index contributed by atoms with van der Waals surface area (Å²) in [5, 5.41) is 12.5. The van der Waals surface area contributed by atoms with E-state index >= 15 is 0 Å². The van der Waals surface area contributed by atoms with Crippen molar-refractivity contribution >= 4 is 0 Å². The van der Waals surface area contributed by atoms with Crippen molar-refractivity contribution in [1.82, 2.24) is 24.9 Å². The molecular formula is C15H25N5. The average Bonchev–Trinajstić information content (AvgIpc) is 2.94. The lowest BCUT2D eigenvalue weighted by atomic mass is 10.2. The van der Waals surface area contributed by atoms with Crippen molar-refractivity contribution in [3.63, 3.8) is 0 Å². The quantitative estimate of drug-likeness (QED) is 0.878. The smallest absolute Gasteiger partial charge is 0.0641 e. The molecule has 1 N–H and O–H groups in total. The first-order chi connectivity index (χ1) is 9.56. The van der Waals surface area contributed by atoms with Gasteiger partial charge < -0.3 is 5.32 Å². The van der Waals surface area contributed by atoms with Gasteiger partial charge in [0.2, 0.25) is 0 Å². The fraction of sp³-hybridized carbons (Fsp3) is 0.600. The Kier molecular flexibility index (Phi) is 4.60. The lowest BCUT2D eigenvalue weighted by molar-refractivity contribution is 0.576. The molecular weight excluding hydrogens is 250 g/mol. The fourth-order valence-corrected chi connectivity index (χ4v) is 2.49. The van der Waals surface area contributed by atoms with Crippen LogP contribution in [-0.2, 0) is 33.1 Å². The van der Waals surface area contributed by atoms with Crippen molar-refractivity contribution in [2.45, 2.75) is 53.8 Å². The van der Waals surface area contributed by atoms with Crippen molar-refractivity contribution in [2.75, 3.05) is 0 Å². The molecule has 2 heterocycles. The third-order valence-electron chi connectivity index (χ3n) is 3.84. The lowest BCUT2D eigenvalue weighted by Crippen LogP contribution is -2.17. The molecule has 5 nitrogen and oxygen atoms in total. The summed E-state index contributed by atoms with van der Waals surface area (Å²) in [6.07, 6.45) is 0.987. The molecule has 0 amide bonds. The Labute approximate surface area is 121 Å². The van der Waals surface area contributed by atoms with E-state index in [9.17, 15) is 0 Å². The fourth-order valence-electron chi connectivity index (χ4n) is 2.49. The second kappa shape index (κ2) is 6.22. The third kappa shape index (κ3) is 2.93. The molecule has 0 fully saturated rings. The molecule has 0 aliphatic heterocycles. The Balaban J connectivity index is 2.00. The van der Waals surface area contributed by atoms with Crippen molar-refractivity contribution in [3.8, 4) is 0 Å². The molecule has 2 rings (SSSR count). The molecule has 20 heavy (non-hydrogen) atoms. The molecule has 0 unspecified atom stereocenters. The zero-order chi connectivity index (χ0) is 14.7. The molecule has 0 radical (unpaired) electrons. The molecule has 2 aromatic heterocycles. The molecule has 110 valence electrons. The van der Waals surface area contributed by atoms with Crippen LogP contribution in [0.15, 0.2) is 6.07 Å². The molecule has 0 aliphatic rings. The maximum absolute atomic E-state index is 4.57. The van der Waals surface area contributed by atoms with Gasteiger partial charge in [-0.3, -0.25) is 9.36 Å². The van der Waals surface area contributed by atoms with Crippen LogP contribution >= 0.6 is 0 Å². The third-order valence-corrected chi connectivity index (χ3v) is 3.84. The lowest BCUT2D eigenvalue weighted by Gasteiger charge is -2.07. The van der Waals surface area contributed by atoms with Crippen LogP contribution in [0.3, 0.4) is 0 Å². The number of hydrogen-bond donors (Lipinski definition) is 1. The standard InChI is InChI=1S/C15H25N5/c1-6-13-8-14(20(7-2)18-13)9-16-10-15-11(3)17-19(5)12(15)4/h8,16H,6-7,9-10H2,1-5H3. The summed E-state index contributed by atoms with van der Waals surface area (Å²) >= 11 is 0. The van der Waals surface area contributed by atoms with Crippen molar-refractivity contribution in [1.29, 1.82) is 0 Å². The van der Waals surface area contributed by atoms with Crippen LogP contribution in [0.4, 0.5) is 0 Å². The molecule has 0 atom stereocenters. The number of nitrogens with zero attached hydrogens (tertiary/aromatic N) is 4. The van der Waals surface area contributed by atoms with E-state index in [0.717, 1.165) is 37.4 Å². The Morgan fingerprint density at radius 1 is 1.15 bits per heavy atom. The Bertz CT molecular complexity index is 579. The summed E-state index contributed by atoms with van der Waals surface area (Å²) in [5.74, 6) is 0. The molecule has 0 bridgehead atoms. The summed E-state index contributed by atoms with van der Waals surface area (Å²) in [7, 11) is 1.99. The number of aryl methyl sites for hydroxylation is 4. The van der Waals surface area contributed by atoms with Gasteiger partial charge in [0.15, 0.2) is 0 Å². The second-order valence-electron chi connectivity index (χ2n) is 5.17. The average molecular weight is 275 g/mol. The van der Waals surface area contributed by atoms with Crippen LogP contribution < -0.4 is 5.32 Å². The molecule has 0 aliphatic carbocycles. The zero-order valence-electron chi connectivity index (χ0n) is 13.2. The summed E-state index contributed by atoms with van der Waals surface area (Å²) in [6, 6.07) is 2.19. The highest BCUT2D eigenvalue weighted by Gasteiger charge is 2.10. The maximum Gasteiger partial charge on any atom is 0.0641 e. The van der Waals surface area contributed by atoms with E-state index in [4.69, 9.17) is 0 Å². The molecule has 2 aromatic rings. The van der Waals surface area contributed by atoms with Gasteiger partial charge in [-0.2, -0.15) is 10.2 Å². The van der Waals surface area contributed by atoms with Crippen LogP contribution in [0.25, 0.3) is 0 Å². The summed E-state index contributed by atoms with van der Waals surface area (Å²) < 4.78 is 4.02. The van der Waals surface area contributed by atoms with E-state index < -0.39 is 0 Å². The van der Waals surface area contributed by atoms with Gasteiger partial charge in [0.25, 0.3) is 0 Å². The largest absolute Gasteiger partial charge is 0.307 e. The van der Waals surface area contributed by atoms with Crippen molar-refractivity contribution in [2.24, 2.45) is 7.05 Å². The summed E-state index contributed by atoms with van der Waals surface area (Å²) in [6.45, 7) is 11.1. The molecule has 0 saturated carbocycles. The number of nitrogens with one attached hydrogen (secondary N) is 1. The predicted octanol–water partition coefficient (Wildman–Crippen LogP) is 2.11. The van der Waals surface area contributed by atoms with E-state index in [1.165, 1.54) is 17.0 Å². The van der Waals surface area contributed by atoms with E-state index in [2.05, 4.69) is 54.0 Å². The number of hydrogen-bond acceptors (Lipinski definition) is 3. The second-order valence-corrected chi connectivity index (χ2v) is 5.17.